The first-order chi connectivity index (χ1) is 5.57. The van der Waals surface area contributed by atoms with Crippen molar-refractivity contribution < 1.29 is 14.7 Å². The van der Waals surface area contributed by atoms with Gasteiger partial charge in [-0.2, -0.15) is 0 Å². The summed E-state index contributed by atoms with van der Waals surface area (Å²) in [6, 6.07) is -0.800. The van der Waals surface area contributed by atoms with Crippen LogP contribution in [-0.4, -0.2) is 53.5 Å². The molecule has 0 spiro atoms. The molecular weight excluding hydrogens is 279 g/mol. The van der Waals surface area contributed by atoms with E-state index in [0.717, 1.165) is 0 Å². The maximum Gasteiger partial charge on any atom is 0.326 e. The van der Waals surface area contributed by atoms with Gasteiger partial charge in [0.2, 0.25) is 5.91 Å². The van der Waals surface area contributed by atoms with Gasteiger partial charge in [-0.3, -0.25) is 4.79 Å². The van der Waals surface area contributed by atoms with E-state index in [2.05, 4.69) is 5.32 Å². The summed E-state index contributed by atoms with van der Waals surface area (Å²) < 4.78 is 0. The summed E-state index contributed by atoms with van der Waals surface area (Å²) in [5.41, 5.74) is 5.20. The van der Waals surface area contributed by atoms with E-state index < -0.39 is 12.0 Å². The molecule has 1 atom stereocenters. The van der Waals surface area contributed by atoms with E-state index >= 15 is 0 Å². The molecule has 5 nitrogen and oxygen atoms in total. The molecule has 6 heteroatoms. The molecule has 13 heavy (non-hydrogen) atoms. The summed E-state index contributed by atoms with van der Waals surface area (Å²) in [7, 11) is 0. The second-order valence-electron chi connectivity index (χ2n) is 2.52. The molecule has 0 aromatic rings. The normalized spacial score (nSPS) is 11.2. The third kappa shape index (κ3) is 8.04. The number of hydrogen-bond donors (Lipinski definition) is 3. The smallest absolute Gasteiger partial charge is 0.326 e. The molecule has 0 unspecified atom stereocenters. The van der Waals surface area contributed by atoms with Crippen molar-refractivity contribution in [1.29, 1.82) is 0 Å². The van der Waals surface area contributed by atoms with Gasteiger partial charge >= 0.3 is 5.97 Å². The van der Waals surface area contributed by atoms with Gasteiger partial charge in [-0.25, -0.2) is 4.79 Å². The Morgan fingerprint density at radius 3 is 2.38 bits per heavy atom. The maximum atomic E-state index is 10.5. The molecule has 0 rings (SSSR count). The molecule has 0 aromatic heterocycles. The number of rotatable bonds is 5. The number of hydrogen-bond acceptors (Lipinski definition) is 3. The number of nitrogens with two attached hydrogens (primary N) is 1. The number of nitrogens with one attached hydrogen (secondary N) is 1. The summed E-state index contributed by atoms with van der Waals surface area (Å²) in [5.74, 6) is -1.35. The number of carbonyl (C=O) groups excluding carboxylic acids is 1. The number of amides is 1. The third-order valence-corrected chi connectivity index (χ3v) is 1.37. The third-order valence-electron chi connectivity index (χ3n) is 1.37. The molecule has 0 aliphatic heterocycles. The van der Waals surface area contributed by atoms with Crippen LogP contribution in [0.4, 0.5) is 0 Å². The molecule has 1 amide bonds. The quantitative estimate of drug-likeness (QED) is 0.563. The van der Waals surface area contributed by atoms with E-state index in [9.17, 15) is 9.59 Å². The van der Waals surface area contributed by atoms with Gasteiger partial charge in [-0.05, 0) is 19.4 Å². The molecule has 0 saturated heterocycles. The molecule has 0 heterocycles. The number of carboxylic acids is 1. The Labute approximate surface area is 94.0 Å². The van der Waals surface area contributed by atoms with Gasteiger partial charge in [0, 0.05) is 30.8 Å². The second kappa shape index (κ2) is 8.30. The number of carbonyl (C=O) groups is 2. The Morgan fingerprint density at radius 2 is 2.08 bits per heavy atom. The van der Waals surface area contributed by atoms with Gasteiger partial charge < -0.3 is 16.2 Å². The fourth-order valence-electron chi connectivity index (χ4n) is 0.825. The van der Waals surface area contributed by atoms with Crippen molar-refractivity contribution in [2.24, 2.45) is 5.73 Å². The molecule has 0 aromatic carbocycles. The minimum absolute atomic E-state index is 0. The van der Waals surface area contributed by atoms with Crippen molar-refractivity contribution in [2.75, 3.05) is 6.54 Å². The van der Waals surface area contributed by atoms with Crippen LogP contribution < -0.4 is 11.1 Å². The standard InChI is InChI=1S/C7H14N2O3.Sn/c1-5(10)9-6(7(11)12)3-2-4-8;/h6H,2-4,8H2,1H3,(H,9,10)(H,11,12);/t6-;/m0./s1. The first-order valence-corrected chi connectivity index (χ1v) is 3.78. The predicted molar refractivity (Wildman–Crippen MR) is 49.3 cm³/mol. The van der Waals surface area contributed by atoms with Crippen LogP contribution in [-0.2, 0) is 9.59 Å². The van der Waals surface area contributed by atoms with E-state index in [4.69, 9.17) is 10.8 Å². The Hall–Kier alpha value is -0.301. The summed E-state index contributed by atoms with van der Waals surface area (Å²) in [6.45, 7) is 1.72. The summed E-state index contributed by atoms with van der Waals surface area (Å²) >= 11 is 0. The fourth-order valence-corrected chi connectivity index (χ4v) is 0.825. The zero-order valence-corrected chi connectivity index (χ0v) is 10.4. The van der Waals surface area contributed by atoms with E-state index in [1.165, 1.54) is 6.92 Å². The van der Waals surface area contributed by atoms with Crippen LogP contribution in [0.15, 0.2) is 0 Å². The molecule has 0 fully saturated rings. The van der Waals surface area contributed by atoms with Gasteiger partial charge in [0.25, 0.3) is 0 Å². The molecule has 0 bridgehead atoms. The Balaban J connectivity index is 0. The minimum atomic E-state index is -1.02. The SMILES string of the molecule is CC(=O)N[C@@H](CCCN)C(=O)O.[Sn]. The largest absolute Gasteiger partial charge is 0.480 e. The van der Waals surface area contributed by atoms with Crippen LogP contribution in [0.1, 0.15) is 19.8 Å². The number of aliphatic carboxylic acids is 1. The average molecular weight is 293 g/mol. The summed E-state index contributed by atoms with van der Waals surface area (Å²) in [6.07, 6.45) is 0.975. The monoisotopic (exact) mass is 294 g/mol. The zero-order chi connectivity index (χ0) is 9.56. The summed E-state index contributed by atoms with van der Waals surface area (Å²) in [5, 5.41) is 10.9. The molecule has 0 aliphatic carbocycles. The van der Waals surface area contributed by atoms with Crippen molar-refractivity contribution >= 4 is 35.8 Å². The van der Waals surface area contributed by atoms with Crippen molar-refractivity contribution in [3.8, 4) is 0 Å². The van der Waals surface area contributed by atoms with Crippen LogP contribution >= 0.6 is 0 Å². The van der Waals surface area contributed by atoms with E-state index in [0.29, 0.717) is 19.4 Å². The minimum Gasteiger partial charge on any atom is -0.480 e. The second-order valence-corrected chi connectivity index (χ2v) is 2.52. The Bertz CT molecular complexity index is 175. The van der Waals surface area contributed by atoms with E-state index in [-0.39, 0.29) is 29.8 Å². The van der Waals surface area contributed by atoms with Crippen LogP contribution in [0, 0.1) is 0 Å². The van der Waals surface area contributed by atoms with Crippen molar-refractivity contribution in [3.05, 3.63) is 0 Å². The van der Waals surface area contributed by atoms with Crippen molar-refractivity contribution in [3.63, 3.8) is 0 Å². The maximum absolute atomic E-state index is 10.5. The van der Waals surface area contributed by atoms with Crippen LogP contribution in [0.3, 0.4) is 0 Å². The predicted octanol–water partition coefficient (Wildman–Crippen LogP) is -1.07. The van der Waals surface area contributed by atoms with Crippen LogP contribution in [0.5, 0.6) is 0 Å². The molecule has 74 valence electrons. The zero-order valence-electron chi connectivity index (χ0n) is 7.54. The topological polar surface area (TPSA) is 92.4 Å². The molecule has 4 radical (unpaired) electrons. The van der Waals surface area contributed by atoms with Crippen molar-refractivity contribution in [2.45, 2.75) is 25.8 Å². The van der Waals surface area contributed by atoms with Gasteiger partial charge in [0.15, 0.2) is 0 Å². The first kappa shape index (κ1) is 15.2. The fraction of sp³-hybridized carbons (Fsp3) is 0.714. The molecule has 0 aliphatic rings. The van der Waals surface area contributed by atoms with E-state index in [1.54, 1.807) is 0 Å². The average Bonchev–Trinajstić information content (AvgIpc) is 1.96. The summed E-state index contributed by atoms with van der Waals surface area (Å²) in [4.78, 5) is 21.0. The Kier molecular flexibility index (Phi) is 9.70. The Morgan fingerprint density at radius 1 is 1.54 bits per heavy atom. The van der Waals surface area contributed by atoms with E-state index in [1.807, 2.05) is 0 Å². The first-order valence-electron chi connectivity index (χ1n) is 3.78. The molecule has 0 saturated carbocycles. The van der Waals surface area contributed by atoms with Gasteiger partial charge in [0.1, 0.15) is 6.04 Å². The van der Waals surface area contributed by atoms with Crippen molar-refractivity contribution in [1.82, 2.24) is 5.32 Å². The molecular formula is C7H14N2O3Sn. The number of carboxylic acid groups (broad SMARTS) is 1. The van der Waals surface area contributed by atoms with Gasteiger partial charge in [-0.1, -0.05) is 0 Å². The van der Waals surface area contributed by atoms with Gasteiger partial charge in [0.05, 0.1) is 0 Å². The van der Waals surface area contributed by atoms with Crippen LogP contribution in [0.25, 0.3) is 0 Å². The van der Waals surface area contributed by atoms with Crippen LogP contribution in [0.2, 0.25) is 0 Å². The van der Waals surface area contributed by atoms with Gasteiger partial charge in [-0.15, -0.1) is 0 Å². The molecule has 4 N–H and O–H groups in total.